The topological polar surface area (TPSA) is 89.5 Å². The largest absolute Gasteiger partial charge is 0.296 e. The van der Waals surface area contributed by atoms with Gasteiger partial charge in [-0.2, -0.15) is 8.42 Å². The van der Waals surface area contributed by atoms with E-state index in [2.05, 4.69) is 9.50 Å². The number of carbonyl (C=O) groups is 2. The summed E-state index contributed by atoms with van der Waals surface area (Å²) in [7, 11) is -3.42. The third-order valence-corrected chi connectivity index (χ3v) is 3.90. The smallest absolute Gasteiger partial charge is 0.264 e. The van der Waals surface area contributed by atoms with Crippen LogP contribution in [0, 0.1) is 0 Å². The van der Waals surface area contributed by atoms with Crippen LogP contribution in [-0.2, 0) is 30.3 Å². The number of rotatable bonds is 5. The Bertz CT molecular complexity index is 636. The maximum Gasteiger partial charge on any atom is 0.264 e. The van der Waals surface area contributed by atoms with Crippen molar-refractivity contribution < 1.29 is 22.2 Å². The lowest BCUT2D eigenvalue weighted by atomic mass is 9.90. The number of hydrogen-bond acceptors (Lipinski definition) is 5. The second-order valence-electron chi connectivity index (χ2n) is 5.02. The number of hydrogen-bond donors (Lipinski definition) is 1. The first-order chi connectivity index (χ1) is 9.85. The van der Waals surface area contributed by atoms with Crippen molar-refractivity contribution in [3.05, 3.63) is 35.4 Å². The van der Waals surface area contributed by atoms with Crippen molar-refractivity contribution in [2.24, 2.45) is 0 Å². The van der Waals surface area contributed by atoms with Crippen LogP contribution in [0.1, 0.15) is 29.9 Å². The number of amides is 2. The fourth-order valence-corrected chi connectivity index (χ4v) is 2.63. The number of benzene rings is 1. The molecular weight excluding hydrogens is 294 g/mol. The molecule has 2 rings (SSSR count). The zero-order chi connectivity index (χ0) is 15.5. The Hall–Kier alpha value is -1.73. The first-order valence-electron chi connectivity index (χ1n) is 6.62. The van der Waals surface area contributed by atoms with Crippen LogP contribution in [0.5, 0.6) is 0 Å². The molecule has 1 unspecified atom stereocenters. The highest BCUT2D eigenvalue weighted by Crippen LogP contribution is 2.24. The van der Waals surface area contributed by atoms with E-state index in [0.29, 0.717) is 19.3 Å². The summed E-state index contributed by atoms with van der Waals surface area (Å²) in [6.45, 7) is 0.0938. The van der Waals surface area contributed by atoms with E-state index in [0.717, 1.165) is 17.4 Å². The quantitative estimate of drug-likeness (QED) is 0.639. The van der Waals surface area contributed by atoms with Gasteiger partial charge in [0.2, 0.25) is 11.8 Å². The van der Waals surface area contributed by atoms with E-state index in [4.69, 9.17) is 0 Å². The predicted octanol–water partition coefficient (Wildman–Crippen LogP) is 0.725. The van der Waals surface area contributed by atoms with Crippen molar-refractivity contribution in [2.45, 2.75) is 25.2 Å². The van der Waals surface area contributed by atoms with Crippen molar-refractivity contribution in [3.63, 3.8) is 0 Å². The van der Waals surface area contributed by atoms with Gasteiger partial charge >= 0.3 is 0 Å². The van der Waals surface area contributed by atoms with Gasteiger partial charge in [-0.3, -0.25) is 19.1 Å². The van der Waals surface area contributed by atoms with E-state index in [1.54, 1.807) is 0 Å². The summed E-state index contributed by atoms with van der Waals surface area (Å²) in [5.74, 6) is -0.797. The molecule has 0 bridgehead atoms. The monoisotopic (exact) mass is 311 g/mol. The Morgan fingerprint density at radius 3 is 2.48 bits per heavy atom. The van der Waals surface area contributed by atoms with Gasteiger partial charge in [-0.15, -0.1) is 0 Å². The lowest BCUT2D eigenvalue weighted by Gasteiger charge is -2.21. The van der Waals surface area contributed by atoms with Crippen molar-refractivity contribution in [2.75, 3.05) is 12.9 Å². The second-order valence-corrected chi connectivity index (χ2v) is 6.67. The van der Waals surface area contributed by atoms with Crippen LogP contribution in [-0.4, -0.2) is 33.1 Å². The zero-order valence-electron chi connectivity index (χ0n) is 11.7. The van der Waals surface area contributed by atoms with Crippen molar-refractivity contribution >= 4 is 21.9 Å². The summed E-state index contributed by atoms with van der Waals surface area (Å²) < 4.78 is 26.4. The lowest BCUT2D eigenvalue weighted by molar-refractivity contribution is -0.134. The molecule has 1 atom stereocenters. The van der Waals surface area contributed by atoms with E-state index in [1.807, 2.05) is 24.3 Å². The van der Waals surface area contributed by atoms with Gasteiger partial charge in [0.05, 0.1) is 18.8 Å². The fraction of sp³-hybridized carbons (Fsp3) is 0.429. The highest BCUT2D eigenvalue weighted by molar-refractivity contribution is 7.85. The molecule has 7 heteroatoms. The summed E-state index contributed by atoms with van der Waals surface area (Å²) in [5, 5.41) is 2.33. The van der Waals surface area contributed by atoms with Crippen LogP contribution < -0.4 is 5.32 Å². The second kappa shape index (κ2) is 6.36. The van der Waals surface area contributed by atoms with Crippen molar-refractivity contribution in [3.8, 4) is 0 Å². The fourth-order valence-electron chi connectivity index (χ4n) is 2.24. The minimum atomic E-state index is -3.42. The molecule has 0 spiro atoms. The van der Waals surface area contributed by atoms with Gasteiger partial charge in [-0.1, -0.05) is 24.3 Å². The zero-order valence-corrected chi connectivity index (χ0v) is 12.5. The summed E-state index contributed by atoms with van der Waals surface area (Å²) in [4.78, 5) is 22.9. The molecule has 1 heterocycles. The molecule has 1 N–H and O–H groups in total. The van der Waals surface area contributed by atoms with E-state index in [1.165, 1.54) is 0 Å². The van der Waals surface area contributed by atoms with Crippen molar-refractivity contribution in [1.82, 2.24) is 5.32 Å². The molecule has 1 aliphatic heterocycles. The third kappa shape index (κ3) is 4.64. The Labute approximate surface area is 123 Å². The number of nitrogens with one attached hydrogen (secondary N) is 1. The Morgan fingerprint density at radius 1 is 1.24 bits per heavy atom. The van der Waals surface area contributed by atoms with E-state index < -0.39 is 10.1 Å². The molecule has 2 amide bonds. The van der Waals surface area contributed by atoms with E-state index in [-0.39, 0.29) is 24.3 Å². The van der Waals surface area contributed by atoms with E-state index in [9.17, 15) is 18.0 Å². The molecule has 1 saturated heterocycles. The third-order valence-electron chi connectivity index (χ3n) is 3.31. The van der Waals surface area contributed by atoms with Gasteiger partial charge in [0.15, 0.2) is 0 Å². The Balaban J connectivity index is 1.96. The molecule has 1 aliphatic rings. The average molecular weight is 311 g/mol. The standard InChI is InChI=1S/C14H17NO5S/c1-21(18,19)20-9-8-10-2-4-11(5-3-10)12-6-7-13(16)15-14(12)17/h2-5,12H,6-9H2,1H3,(H,15,16,17). The molecule has 1 aromatic rings. The molecule has 21 heavy (non-hydrogen) atoms. The molecule has 1 fully saturated rings. The van der Waals surface area contributed by atoms with Crippen LogP contribution in [0.4, 0.5) is 0 Å². The molecule has 0 radical (unpaired) electrons. The minimum absolute atomic E-state index is 0.0938. The van der Waals surface area contributed by atoms with Crippen LogP contribution in [0.15, 0.2) is 24.3 Å². The molecule has 0 aromatic heterocycles. The summed E-state index contributed by atoms with van der Waals surface area (Å²) in [6.07, 6.45) is 2.35. The maximum absolute atomic E-state index is 11.8. The predicted molar refractivity (Wildman–Crippen MR) is 76.1 cm³/mol. The van der Waals surface area contributed by atoms with Gasteiger partial charge in [-0.05, 0) is 24.0 Å². The Kier molecular flexibility index (Phi) is 4.74. The van der Waals surface area contributed by atoms with Crippen LogP contribution in [0.25, 0.3) is 0 Å². The molecule has 0 saturated carbocycles. The maximum atomic E-state index is 11.8. The van der Waals surface area contributed by atoms with Gasteiger partial charge in [0, 0.05) is 6.42 Å². The van der Waals surface area contributed by atoms with Gasteiger partial charge in [0.1, 0.15) is 0 Å². The summed E-state index contributed by atoms with van der Waals surface area (Å²) >= 11 is 0. The SMILES string of the molecule is CS(=O)(=O)OCCc1ccc(C2CCC(=O)NC2=O)cc1. The van der Waals surface area contributed by atoms with E-state index >= 15 is 0 Å². The molecule has 6 nitrogen and oxygen atoms in total. The highest BCUT2D eigenvalue weighted by Gasteiger charge is 2.27. The molecule has 114 valence electrons. The van der Waals surface area contributed by atoms with Crippen molar-refractivity contribution in [1.29, 1.82) is 0 Å². The van der Waals surface area contributed by atoms with Gasteiger partial charge < -0.3 is 0 Å². The number of piperidine rings is 1. The normalized spacial score (nSPS) is 19.4. The first kappa shape index (κ1) is 15.7. The van der Waals surface area contributed by atoms with Crippen LogP contribution >= 0.6 is 0 Å². The molecule has 1 aromatic carbocycles. The van der Waals surface area contributed by atoms with Gasteiger partial charge in [-0.25, -0.2) is 0 Å². The Morgan fingerprint density at radius 2 is 1.90 bits per heavy atom. The molecule has 0 aliphatic carbocycles. The van der Waals surface area contributed by atoms with Crippen LogP contribution in [0.2, 0.25) is 0 Å². The number of carbonyl (C=O) groups excluding carboxylic acids is 2. The highest BCUT2D eigenvalue weighted by atomic mass is 32.2. The summed E-state index contributed by atoms with van der Waals surface area (Å²) in [5.41, 5.74) is 1.78. The number of imide groups is 1. The van der Waals surface area contributed by atoms with Gasteiger partial charge in [0.25, 0.3) is 10.1 Å². The average Bonchev–Trinajstić information content (AvgIpc) is 2.38. The van der Waals surface area contributed by atoms with Crippen LogP contribution in [0.3, 0.4) is 0 Å². The summed E-state index contributed by atoms with van der Waals surface area (Å²) in [6, 6.07) is 7.33. The molecular formula is C14H17NO5S. The lowest BCUT2D eigenvalue weighted by Crippen LogP contribution is -2.39. The minimum Gasteiger partial charge on any atom is -0.296 e. The first-order valence-corrected chi connectivity index (χ1v) is 8.44.